The van der Waals surface area contributed by atoms with Crippen LogP contribution in [0.25, 0.3) is 0 Å². The van der Waals surface area contributed by atoms with Crippen LogP contribution in [0.15, 0.2) is 0 Å². The number of hydrogen-bond donors (Lipinski definition) is 0. The number of hydrogen-bond acceptors (Lipinski definition) is 4. The summed E-state index contributed by atoms with van der Waals surface area (Å²) in [4.78, 5) is 20.4. The fourth-order valence-electron chi connectivity index (χ4n) is 0.853. The van der Waals surface area contributed by atoms with Gasteiger partial charge in [-0.25, -0.2) is 4.79 Å². The molecule has 0 rings (SSSR count). The van der Waals surface area contributed by atoms with Gasteiger partial charge in [0.25, 0.3) is 0 Å². The van der Waals surface area contributed by atoms with Crippen LogP contribution in [-0.2, 0) is 14.3 Å². The molecular weight excluding hydrogens is 286 g/mol. The van der Waals surface area contributed by atoms with Crippen molar-refractivity contribution in [1.82, 2.24) is 0 Å². The van der Waals surface area contributed by atoms with Crippen LogP contribution in [0.4, 0.5) is 26.3 Å². The van der Waals surface area contributed by atoms with E-state index < -0.39 is 36.3 Å². The summed E-state index contributed by atoms with van der Waals surface area (Å²) in [6.45, 7) is 0.878. The lowest BCUT2D eigenvalue weighted by molar-refractivity contribution is -0.366. The molecule has 0 aromatic rings. The van der Waals surface area contributed by atoms with Gasteiger partial charge < -0.3 is 14.6 Å². The second-order valence-corrected chi connectivity index (χ2v) is 3.50. The molecular formula is C9H9F6O4-. The summed E-state index contributed by atoms with van der Waals surface area (Å²) in [6, 6.07) is 0. The molecule has 10 heteroatoms. The molecule has 0 fully saturated rings. The van der Waals surface area contributed by atoms with Gasteiger partial charge in [0.15, 0.2) is 0 Å². The van der Waals surface area contributed by atoms with E-state index in [9.17, 15) is 41.0 Å². The second kappa shape index (κ2) is 5.66. The van der Waals surface area contributed by atoms with Crippen molar-refractivity contribution in [2.24, 2.45) is 0 Å². The number of unbranched alkanes of at least 4 members (excludes halogenated alkanes) is 1. The number of carbonyl (C=O) groups is 2. The maximum Gasteiger partial charge on any atom is 0.411 e. The van der Waals surface area contributed by atoms with Crippen molar-refractivity contribution in [3.63, 3.8) is 0 Å². The molecule has 0 saturated carbocycles. The van der Waals surface area contributed by atoms with Gasteiger partial charge in [0.05, 0.1) is 6.61 Å². The average Bonchev–Trinajstić information content (AvgIpc) is 2.28. The summed E-state index contributed by atoms with van der Waals surface area (Å²) in [5.41, 5.74) is 0. The van der Waals surface area contributed by atoms with Gasteiger partial charge in [0.1, 0.15) is 5.97 Å². The first-order valence-corrected chi connectivity index (χ1v) is 4.95. The smallest absolute Gasteiger partial charge is 0.411 e. The van der Waals surface area contributed by atoms with Gasteiger partial charge >= 0.3 is 23.7 Å². The highest BCUT2D eigenvalue weighted by atomic mass is 19.3. The molecule has 0 spiro atoms. The highest BCUT2D eigenvalue weighted by Crippen LogP contribution is 2.46. The number of ether oxygens (including phenoxy) is 1. The molecule has 0 radical (unpaired) electrons. The molecule has 0 aromatic carbocycles. The number of rotatable bonds is 7. The van der Waals surface area contributed by atoms with E-state index in [4.69, 9.17) is 0 Å². The Hall–Kier alpha value is -1.48. The van der Waals surface area contributed by atoms with E-state index in [2.05, 4.69) is 4.74 Å². The zero-order valence-electron chi connectivity index (χ0n) is 9.52. The van der Waals surface area contributed by atoms with Gasteiger partial charge in [-0.15, -0.1) is 0 Å². The van der Waals surface area contributed by atoms with Crippen LogP contribution >= 0.6 is 0 Å². The predicted octanol–water partition coefficient (Wildman–Crippen LogP) is 0.986. The zero-order chi connectivity index (χ0) is 15.5. The summed E-state index contributed by atoms with van der Waals surface area (Å²) < 4.78 is 79.9. The lowest BCUT2D eigenvalue weighted by atomic mass is 10.0. The Bertz CT molecular complexity index is 355. The fraction of sp³-hybridized carbons (Fsp3) is 0.778. The molecule has 0 unspecified atom stereocenters. The summed E-state index contributed by atoms with van der Waals surface area (Å²) >= 11 is 0. The van der Waals surface area contributed by atoms with Crippen LogP contribution in [0.5, 0.6) is 0 Å². The number of carboxylic acids is 1. The number of esters is 1. The van der Waals surface area contributed by atoms with Gasteiger partial charge in [0.2, 0.25) is 0 Å². The molecule has 19 heavy (non-hydrogen) atoms. The van der Waals surface area contributed by atoms with Crippen LogP contribution < -0.4 is 5.11 Å². The average molecular weight is 295 g/mol. The van der Waals surface area contributed by atoms with Gasteiger partial charge in [-0.05, 0) is 6.42 Å². The van der Waals surface area contributed by atoms with Crippen molar-refractivity contribution in [2.75, 3.05) is 6.61 Å². The third kappa shape index (κ3) is 3.10. The number of carboxylic acid groups (broad SMARTS) is 1. The van der Waals surface area contributed by atoms with Gasteiger partial charge in [0, 0.05) is 0 Å². The predicted molar refractivity (Wildman–Crippen MR) is 45.7 cm³/mol. The number of aliphatic carboxylic acids is 1. The van der Waals surface area contributed by atoms with E-state index in [0.29, 0.717) is 6.42 Å². The molecule has 0 aliphatic heterocycles. The molecule has 0 bridgehead atoms. The molecule has 0 saturated heterocycles. The third-order valence-electron chi connectivity index (χ3n) is 2.03. The van der Waals surface area contributed by atoms with Gasteiger partial charge in [-0.1, -0.05) is 13.3 Å². The van der Waals surface area contributed by atoms with Crippen LogP contribution in [0.1, 0.15) is 19.8 Å². The lowest BCUT2D eigenvalue weighted by Gasteiger charge is -2.31. The zero-order valence-corrected chi connectivity index (χ0v) is 9.52. The van der Waals surface area contributed by atoms with Crippen molar-refractivity contribution in [3.05, 3.63) is 0 Å². The van der Waals surface area contributed by atoms with Crippen molar-refractivity contribution < 1.29 is 45.8 Å². The number of halogens is 6. The van der Waals surface area contributed by atoms with Gasteiger partial charge in [-0.2, -0.15) is 26.3 Å². The molecule has 0 aromatic heterocycles. The minimum Gasteiger partial charge on any atom is -0.544 e. The highest BCUT2D eigenvalue weighted by Gasteiger charge is 2.76. The molecule has 0 heterocycles. The van der Waals surface area contributed by atoms with E-state index in [1.54, 1.807) is 6.92 Å². The Morgan fingerprint density at radius 1 is 1.05 bits per heavy atom. The van der Waals surface area contributed by atoms with E-state index in [1.807, 2.05) is 0 Å². The SMILES string of the molecule is CCCCOC(=O)C(F)(F)C(F)(F)C(F)(F)C(=O)[O-]. The van der Waals surface area contributed by atoms with E-state index in [0.717, 1.165) is 0 Å². The highest BCUT2D eigenvalue weighted by molar-refractivity contribution is 5.83. The van der Waals surface area contributed by atoms with Crippen molar-refractivity contribution in [3.8, 4) is 0 Å². The van der Waals surface area contributed by atoms with E-state index >= 15 is 0 Å². The van der Waals surface area contributed by atoms with E-state index in [1.165, 1.54) is 0 Å². The van der Waals surface area contributed by atoms with Crippen molar-refractivity contribution in [1.29, 1.82) is 0 Å². The Balaban J connectivity index is 5.16. The van der Waals surface area contributed by atoms with Crippen LogP contribution in [0, 0.1) is 0 Å². The topological polar surface area (TPSA) is 66.4 Å². The first-order valence-electron chi connectivity index (χ1n) is 4.95. The molecule has 4 nitrogen and oxygen atoms in total. The Kier molecular flexibility index (Phi) is 5.22. The molecule has 0 atom stereocenters. The Morgan fingerprint density at radius 2 is 1.53 bits per heavy atom. The first-order chi connectivity index (χ1) is 8.42. The maximum absolute atomic E-state index is 12.9. The van der Waals surface area contributed by atoms with E-state index in [-0.39, 0.29) is 6.42 Å². The summed E-state index contributed by atoms with van der Waals surface area (Å²) in [5.74, 6) is -25.3. The third-order valence-corrected chi connectivity index (χ3v) is 2.03. The monoisotopic (exact) mass is 295 g/mol. The lowest BCUT2D eigenvalue weighted by Crippen LogP contribution is -2.64. The summed E-state index contributed by atoms with van der Waals surface area (Å²) in [5, 5.41) is 9.77. The van der Waals surface area contributed by atoms with Crippen LogP contribution in [-0.4, -0.2) is 36.3 Å². The standard InChI is InChI=1S/C9H10F6O4/c1-2-3-4-19-6(18)8(12,13)9(14,15)7(10,11)5(16)17/h2-4H2,1H3,(H,16,17)/p-1. The largest absolute Gasteiger partial charge is 0.544 e. The molecule has 0 N–H and O–H groups in total. The second-order valence-electron chi connectivity index (χ2n) is 3.50. The first kappa shape index (κ1) is 17.5. The molecule has 0 aliphatic carbocycles. The molecule has 0 amide bonds. The normalized spacial score (nSPS) is 13.2. The number of alkyl halides is 6. The Labute approximate surface area is 103 Å². The van der Waals surface area contributed by atoms with Gasteiger partial charge in [-0.3, -0.25) is 0 Å². The summed E-state index contributed by atoms with van der Waals surface area (Å²) in [6.07, 6.45) is 0.411. The van der Waals surface area contributed by atoms with Crippen LogP contribution in [0.2, 0.25) is 0 Å². The molecule has 0 aliphatic rings. The maximum atomic E-state index is 12.9. The quantitative estimate of drug-likeness (QED) is 0.399. The number of carbonyl (C=O) groups excluding carboxylic acids is 2. The minimum atomic E-state index is -6.47. The minimum absolute atomic E-state index is 0.0459. The fourth-order valence-corrected chi connectivity index (χ4v) is 0.853. The summed E-state index contributed by atoms with van der Waals surface area (Å²) in [7, 11) is 0. The van der Waals surface area contributed by atoms with Crippen molar-refractivity contribution >= 4 is 11.9 Å². The van der Waals surface area contributed by atoms with Crippen LogP contribution in [0.3, 0.4) is 0 Å². The molecule has 112 valence electrons. The Morgan fingerprint density at radius 3 is 1.89 bits per heavy atom. The van der Waals surface area contributed by atoms with Crippen molar-refractivity contribution in [2.45, 2.75) is 37.5 Å².